The van der Waals surface area contributed by atoms with Crippen molar-refractivity contribution in [2.45, 2.75) is 63.4 Å². The third kappa shape index (κ3) is 4.65. The molecular formula is C19H29BrN2O2S. The fourth-order valence-electron chi connectivity index (χ4n) is 3.64. The van der Waals surface area contributed by atoms with Crippen LogP contribution in [0.15, 0.2) is 33.6 Å². The summed E-state index contributed by atoms with van der Waals surface area (Å²) in [7, 11) is -3.46. The lowest BCUT2D eigenvalue weighted by molar-refractivity contribution is 0.103. The van der Waals surface area contributed by atoms with E-state index in [1.54, 1.807) is 28.6 Å². The van der Waals surface area contributed by atoms with Gasteiger partial charge in [0.1, 0.15) is 0 Å². The number of halogens is 1. The van der Waals surface area contributed by atoms with Crippen LogP contribution in [0.2, 0.25) is 0 Å². The smallest absolute Gasteiger partial charge is 0.243 e. The third-order valence-corrected chi connectivity index (χ3v) is 7.81. The van der Waals surface area contributed by atoms with Gasteiger partial charge in [0.05, 0.1) is 4.90 Å². The van der Waals surface area contributed by atoms with Crippen molar-refractivity contribution in [3.63, 3.8) is 0 Å². The Hall–Kier alpha value is -0.430. The minimum absolute atomic E-state index is 0.0286. The summed E-state index contributed by atoms with van der Waals surface area (Å²) in [6, 6.07) is 7.72. The van der Waals surface area contributed by atoms with Gasteiger partial charge in [-0.25, -0.2) is 8.42 Å². The summed E-state index contributed by atoms with van der Waals surface area (Å²) < 4.78 is 29.1. The molecule has 1 heterocycles. The molecular weight excluding hydrogens is 400 g/mol. The van der Waals surface area contributed by atoms with E-state index in [0.717, 1.165) is 23.9 Å². The highest BCUT2D eigenvalue weighted by molar-refractivity contribution is 9.10. The largest absolute Gasteiger partial charge is 0.314 e. The van der Waals surface area contributed by atoms with Gasteiger partial charge in [-0.15, -0.1) is 0 Å². The standard InChI is InChI=1S/C19H29BrN2O2S/c1-19(2,3)18-12-14(13-21-16-6-7-16)10-11-22(18)25(23,24)17-8-4-15(20)5-9-17/h4-5,8-9,14,16,18,21H,6-7,10-13H2,1-3H3. The number of rotatable bonds is 5. The SMILES string of the molecule is CC(C)(C)C1CC(CNC2CC2)CCN1S(=O)(=O)c1ccc(Br)cc1. The highest BCUT2D eigenvalue weighted by Crippen LogP contribution is 2.38. The van der Waals surface area contributed by atoms with Gasteiger partial charge >= 0.3 is 0 Å². The molecule has 3 rings (SSSR count). The Kier molecular flexibility index (Phi) is 5.64. The highest BCUT2D eigenvalue weighted by atomic mass is 79.9. The van der Waals surface area contributed by atoms with Gasteiger partial charge in [-0.05, 0) is 67.8 Å². The van der Waals surface area contributed by atoms with Gasteiger partial charge in [0.15, 0.2) is 0 Å². The predicted octanol–water partition coefficient (Wildman–Crippen LogP) is 4.02. The molecule has 0 radical (unpaired) electrons. The first-order valence-electron chi connectivity index (χ1n) is 9.19. The maximum absolute atomic E-state index is 13.2. The summed E-state index contributed by atoms with van der Waals surface area (Å²) in [5.74, 6) is 0.557. The zero-order valence-corrected chi connectivity index (χ0v) is 17.7. The molecule has 1 N–H and O–H groups in total. The van der Waals surface area contributed by atoms with Gasteiger partial charge in [-0.3, -0.25) is 0 Å². The first-order valence-corrected chi connectivity index (χ1v) is 11.4. The van der Waals surface area contributed by atoms with E-state index in [9.17, 15) is 8.42 Å². The van der Waals surface area contributed by atoms with Crippen molar-refractivity contribution in [3.8, 4) is 0 Å². The van der Waals surface area contributed by atoms with Crippen LogP contribution in [0.1, 0.15) is 46.5 Å². The van der Waals surface area contributed by atoms with Crippen molar-refractivity contribution < 1.29 is 8.42 Å². The number of nitrogens with zero attached hydrogens (tertiary/aromatic N) is 1. The van der Waals surface area contributed by atoms with E-state index in [4.69, 9.17) is 0 Å². The Morgan fingerprint density at radius 1 is 1.16 bits per heavy atom. The van der Waals surface area contributed by atoms with Crippen LogP contribution >= 0.6 is 15.9 Å². The highest BCUT2D eigenvalue weighted by Gasteiger charge is 2.42. The molecule has 140 valence electrons. The molecule has 1 aromatic rings. The number of sulfonamides is 1. The van der Waals surface area contributed by atoms with Crippen LogP contribution in [0.3, 0.4) is 0 Å². The zero-order valence-electron chi connectivity index (χ0n) is 15.3. The van der Waals surface area contributed by atoms with Gasteiger partial charge in [0, 0.05) is 23.1 Å². The molecule has 2 fully saturated rings. The Bertz CT molecular complexity index is 693. The molecule has 4 nitrogen and oxygen atoms in total. The number of hydrogen-bond acceptors (Lipinski definition) is 3. The average Bonchev–Trinajstić information content (AvgIpc) is 3.36. The molecule has 1 aliphatic carbocycles. The number of piperidine rings is 1. The van der Waals surface area contributed by atoms with Crippen LogP contribution < -0.4 is 5.32 Å². The second kappa shape index (κ2) is 7.29. The Morgan fingerprint density at radius 2 is 1.80 bits per heavy atom. The molecule has 25 heavy (non-hydrogen) atoms. The van der Waals surface area contributed by atoms with Crippen LogP contribution in [0.5, 0.6) is 0 Å². The maximum Gasteiger partial charge on any atom is 0.243 e. The van der Waals surface area contributed by atoms with Crippen molar-refractivity contribution in [2.75, 3.05) is 13.1 Å². The van der Waals surface area contributed by atoms with E-state index < -0.39 is 10.0 Å². The molecule has 0 amide bonds. The van der Waals surface area contributed by atoms with Gasteiger partial charge in [0.2, 0.25) is 10.0 Å². The van der Waals surface area contributed by atoms with Crippen LogP contribution in [0.25, 0.3) is 0 Å². The molecule has 6 heteroatoms. The quantitative estimate of drug-likeness (QED) is 0.770. The lowest BCUT2D eigenvalue weighted by atomic mass is 9.78. The maximum atomic E-state index is 13.2. The van der Waals surface area contributed by atoms with Crippen LogP contribution in [0, 0.1) is 11.3 Å². The molecule has 1 saturated carbocycles. The molecule has 1 aromatic carbocycles. The summed E-state index contributed by atoms with van der Waals surface area (Å²) >= 11 is 3.38. The van der Waals surface area contributed by atoms with Crippen molar-refractivity contribution in [2.24, 2.45) is 11.3 Å². The van der Waals surface area contributed by atoms with Crippen LogP contribution in [-0.2, 0) is 10.0 Å². The summed E-state index contributed by atoms with van der Waals surface area (Å²) in [6.07, 6.45) is 4.44. The molecule has 2 unspecified atom stereocenters. The molecule has 2 aliphatic rings. The molecule has 2 atom stereocenters. The van der Waals surface area contributed by atoms with Crippen molar-refractivity contribution in [1.82, 2.24) is 9.62 Å². The second-order valence-electron chi connectivity index (χ2n) is 8.52. The lowest BCUT2D eigenvalue weighted by Crippen LogP contribution is -2.53. The van der Waals surface area contributed by atoms with E-state index in [2.05, 4.69) is 42.0 Å². The summed E-state index contributed by atoms with van der Waals surface area (Å²) in [4.78, 5) is 0.388. The minimum Gasteiger partial charge on any atom is -0.314 e. The van der Waals surface area contributed by atoms with E-state index in [0.29, 0.717) is 23.4 Å². The molecule has 0 aromatic heterocycles. The van der Waals surface area contributed by atoms with Crippen molar-refractivity contribution >= 4 is 26.0 Å². The van der Waals surface area contributed by atoms with E-state index in [1.807, 2.05) is 0 Å². The molecule has 1 saturated heterocycles. The van der Waals surface area contributed by atoms with Gasteiger partial charge in [-0.2, -0.15) is 4.31 Å². The van der Waals surface area contributed by atoms with Crippen molar-refractivity contribution in [1.29, 1.82) is 0 Å². The monoisotopic (exact) mass is 428 g/mol. The molecule has 0 spiro atoms. The van der Waals surface area contributed by atoms with Gasteiger partial charge in [-0.1, -0.05) is 36.7 Å². The summed E-state index contributed by atoms with van der Waals surface area (Å²) in [5, 5.41) is 3.62. The average molecular weight is 429 g/mol. The minimum atomic E-state index is -3.46. The topological polar surface area (TPSA) is 49.4 Å². The fourth-order valence-corrected chi connectivity index (χ4v) is 5.74. The Labute approximate surface area is 160 Å². The lowest BCUT2D eigenvalue weighted by Gasteiger charge is -2.45. The third-order valence-electron chi connectivity index (χ3n) is 5.35. The molecule has 0 bridgehead atoms. The van der Waals surface area contributed by atoms with Crippen molar-refractivity contribution in [3.05, 3.63) is 28.7 Å². The van der Waals surface area contributed by atoms with Crippen LogP contribution in [0.4, 0.5) is 0 Å². The predicted molar refractivity (Wildman–Crippen MR) is 105 cm³/mol. The number of nitrogens with one attached hydrogen (secondary N) is 1. The number of hydrogen-bond donors (Lipinski definition) is 1. The summed E-state index contributed by atoms with van der Waals surface area (Å²) in [5.41, 5.74) is -0.0827. The van der Waals surface area contributed by atoms with Gasteiger partial charge < -0.3 is 5.32 Å². The summed E-state index contributed by atoms with van der Waals surface area (Å²) in [6.45, 7) is 8.08. The van der Waals surface area contributed by atoms with Crippen LogP contribution in [-0.4, -0.2) is 37.9 Å². The van der Waals surface area contributed by atoms with E-state index >= 15 is 0 Å². The van der Waals surface area contributed by atoms with E-state index in [-0.39, 0.29) is 11.5 Å². The first-order chi connectivity index (χ1) is 11.7. The first kappa shape index (κ1) is 19.3. The van der Waals surface area contributed by atoms with E-state index in [1.165, 1.54) is 12.8 Å². The Balaban J connectivity index is 1.79. The fraction of sp³-hybridized carbons (Fsp3) is 0.684. The second-order valence-corrected chi connectivity index (χ2v) is 11.3. The Morgan fingerprint density at radius 3 is 2.36 bits per heavy atom. The zero-order chi connectivity index (χ0) is 18.2. The van der Waals surface area contributed by atoms with Gasteiger partial charge in [0.25, 0.3) is 0 Å². The molecule has 1 aliphatic heterocycles. The number of benzene rings is 1. The normalized spacial score (nSPS) is 25.9.